The monoisotopic (exact) mass is 213 g/mol. The topological polar surface area (TPSA) is 37.4 Å². The van der Waals surface area contributed by atoms with E-state index >= 15 is 0 Å². The normalized spacial score (nSPS) is 9.57. The first-order chi connectivity index (χ1) is 6.70. The van der Waals surface area contributed by atoms with Crippen molar-refractivity contribution in [2.45, 2.75) is 6.92 Å². The Morgan fingerprint density at radius 1 is 1.50 bits per heavy atom. The molecule has 0 saturated heterocycles. The summed E-state index contributed by atoms with van der Waals surface area (Å²) in [6.07, 6.45) is 0.152. The van der Waals surface area contributed by atoms with Crippen molar-refractivity contribution in [3.05, 3.63) is 35.4 Å². The van der Waals surface area contributed by atoms with E-state index in [1.54, 1.807) is 31.2 Å². The fraction of sp³-hybridized carbons (Fsp3) is 0.111. The molecular formula is C9H8FNO2S. The SMILES string of the molecule is Cc1ccccc1C(=O)N(C=O)SF. The number of rotatable bonds is 3. The molecule has 1 aromatic carbocycles. The fourth-order valence-electron chi connectivity index (χ4n) is 1.03. The highest BCUT2D eigenvalue weighted by Crippen LogP contribution is 2.15. The van der Waals surface area contributed by atoms with Crippen molar-refractivity contribution in [3.8, 4) is 0 Å². The third kappa shape index (κ3) is 2.11. The second-order valence-electron chi connectivity index (χ2n) is 2.62. The van der Waals surface area contributed by atoms with E-state index in [2.05, 4.69) is 0 Å². The van der Waals surface area contributed by atoms with Crippen LogP contribution in [0, 0.1) is 6.92 Å². The molecule has 0 N–H and O–H groups in total. The maximum absolute atomic E-state index is 12.1. The molecule has 0 aromatic heterocycles. The van der Waals surface area contributed by atoms with Crippen LogP contribution < -0.4 is 0 Å². The van der Waals surface area contributed by atoms with Crippen LogP contribution in [-0.2, 0) is 4.79 Å². The van der Waals surface area contributed by atoms with Crippen LogP contribution in [0.15, 0.2) is 24.3 Å². The lowest BCUT2D eigenvalue weighted by molar-refractivity contribution is -0.112. The first kappa shape index (κ1) is 10.7. The molecule has 0 aliphatic carbocycles. The molecule has 2 amide bonds. The van der Waals surface area contributed by atoms with Gasteiger partial charge in [0.2, 0.25) is 6.41 Å². The summed E-state index contributed by atoms with van der Waals surface area (Å²) in [5.41, 5.74) is 1.03. The summed E-state index contributed by atoms with van der Waals surface area (Å²) in [5, 5.41) is 0. The Kier molecular flexibility index (Phi) is 3.64. The maximum atomic E-state index is 12.1. The van der Waals surface area contributed by atoms with Gasteiger partial charge in [-0.3, -0.25) is 9.59 Å². The molecule has 0 fully saturated rings. The Bertz CT molecular complexity index is 356. The van der Waals surface area contributed by atoms with Crippen molar-refractivity contribution in [1.82, 2.24) is 4.31 Å². The summed E-state index contributed by atoms with van der Waals surface area (Å²) in [6, 6.07) is 6.69. The van der Waals surface area contributed by atoms with Gasteiger partial charge in [-0.1, -0.05) is 18.2 Å². The highest BCUT2D eigenvalue weighted by Gasteiger charge is 2.17. The van der Waals surface area contributed by atoms with Crippen molar-refractivity contribution >= 4 is 24.7 Å². The fourth-order valence-corrected chi connectivity index (χ4v) is 1.22. The van der Waals surface area contributed by atoms with Crippen molar-refractivity contribution in [2.24, 2.45) is 0 Å². The first-order valence-corrected chi connectivity index (χ1v) is 4.51. The van der Waals surface area contributed by atoms with E-state index in [1.807, 2.05) is 0 Å². The van der Waals surface area contributed by atoms with Gasteiger partial charge in [0.1, 0.15) is 0 Å². The van der Waals surface area contributed by atoms with Crippen LogP contribution in [0.1, 0.15) is 15.9 Å². The van der Waals surface area contributed by atoms with Crippen LogP contribution in [0.25, 0.3) is 0 Å². The molecule has 0 bridgehead atoms. The largest absolute Gasteiger partial charge is 0.277 e. The molecule has 1 aromatic rings. The smallest absolute Gasteiger partial charge is 0.272 e. The molecule has 0 aliphatic rings. The predicted octanol–water partition coefficient (Wildman–Crippen LogP) is 2.13. The molecule has 0 radical (unpaired) electrons. The highest BCUT2D eigenvalue weighted by atomic mass is 32.2. The van der Waals surface area contributed by atoms with Crippen molar-refractivity contribution in [3.63, 3.8) is 0 Å². The standard InChI is InChI=1S/C9H8FNO2S/c1-7-4-2-3-5-8(7)9(13)11(6-12)14-10/h2-6H,1H3. The number of benzene rings is 1. The van der Waals surface area contributed by atoms with Crippen LogP contribution >= 0.6 is 12.3 Å². The van der Waals surface area contributed by atoms with E-state index < -0.39 is 18.2 Å². The second kappa shape index (κ2) is 4.76. The summed E-state index contributed by atoms with van der Waals surface area (Å²) in [6.45, 7) is 1.72. The number of imide groups is 1. The lowest BCUT2D eigenvalue weighted by Gasteiger charge is -2.09. The minimum absolute atomic E-state index is 0.152. The van der Waals surface area contributed by atoms with Crippen LogP contribution in [-0.4, -0.2) is 16.6 Å². The van der Waals surface area contributed by atoms with Crippen molar-refractivity contribution in [2.75, 3.05) is 0 Å². The molecular weight excluding hydrogens is 205 g/mol. The zero-order valence-electron chi connectivity index (χ0n) is 7.44. The number of nitrogens with zero attached hydrogens (tertiary/aromatic N) is 1. The minimum atomic E-state index is -0.648. The Balaban J connectivity index is 3.00. The van der Waals surface area contributed by atoms with E-state index in [0.717, 1.165) is 0 Å². The zero-order valence-corrected chi connectivity index (χ0v) is 8.25. The molecule has 1 rings (SSSR count). The second-order valence-corrected chi connectivity index (χ2v) is 3.15. The molecule has 0 saturated carbocycles. The molecule has 74 valence electrons. The van der Waals surface area contributed by atoms with Gasteiger partial charge < -0.3 is 0 Å². The zero-order chi connectivity index (χ0) is 10.6. The lowest BCUT2D eigenvalue weighted by Crippen LogP contribution is -2.22. The highest BCUT2D eigenvalue weighted by molar-refractivity contribution is 7.93. The number of amides is 2. The molecule has 3 nitrogen and oxygen atoms in total. The van der Waals surface area contributed by atoms with Crippen LogP contribution in [0.5, 0.6) is 0 Å². The molecule has 0 heterocycles. The van der Waals surface area contributed by atoms with Gasteiger partial charge in [-0.15, -0.1) is 3.89 Å². The lowest BCUT2D eigenvalue weighted by atomic mass is 10.1. The average molecular weight is 213 g/mol. The molecule has 0 aliphatic heterocycles. The number of aryl methyl sites for hydroxylation is 1. The van der Waals surface area contributed by atoms with E-state index in [1.165, 1.54) is 0 Å². The number of carbonyl (C=O) groups is 2. The molecule has 0 atom stereocenters. The van der Waals surface area contributed by atoms with Gasteiger partial charge >= 0.3 is 0 Å². The van der Waals surface area contributed by atoms with Crippen LogP contribution in [0.2, 0.25) is 0 Å². The predicted molar refractivity (Wildman–Crippen MR) is 52.1 cm³/mol. The minimum Gasteiger partial charge on any atom is -0.277 e. The van der Waals surface area contributed by atoms with Gasteiger partial charge in [0.25, 0.3) is 5.91 Å². The third-order valence-corrected chi connectivity index (χ3v) is 2.15. The maximum Gasteiger partial charge on any atom is 0.272 e. The molecule has 0 unspecified atom stereocenters. The van der Waals surface area contributed by atoms with Gasteiger partial charge in [-0.25, -0.2) is 0 Å². The number of halogens is 1. The summed E-state index contributed by atoms with van der Waals surface area (Å²) in [5.74, 6) is -0.648. The van der Waals surface area contributed by atoms with Crippen molar-refractivity contribution < 1.29 is 13.5 Å². The molecule has 14 heavy (non-hydrogen) atoms. The number of hydrogen-bond acceptors (Lipinski definition) is 3. The van der Waals surface area contributed by atoms with Crippen LogP contribution in [0.3, 0.4) is 0 Å². The van der Waals surface area contributed by atoms with E-state index in [4.69, 9.17) is 0 Å². The Morgan fingerprint density at radius 3 is 2.64 bits per heavy atom. The summed E-state index contributed by atoms with van der Waals surface area (Å²) in [7, 11) is 0. The number of carbonyl (C=O) groups excluding carboxylic acids is 2. The van der Waals surface area contributed by atoms with E-state index in [9.17, 15) is 13.5 Å². The third-order valence-electron chi connectivity index (χ3n) is 1.75. The van der Waals surface area contributed by atoms with E-state index in [0.29, 0.717) is 15.4 Å². The van der Waals surface area contributed by atoms with Gasteiger partial charge in [0, 0.05) is 5.56 Å². The Labute approximate surface area is 85.3 Å². The van der Waals surface area contributed by atoms with E-state index in [-0.39, 0.29) is 6.41 Å². The molecule has 0 spiro atoms. The van der Waals surface area contributed by atoms with Crippen molar-refractivity contribution in [1.29, 1.82) is 0 Å². The van der Waals surface area contributed by atoms with Gasteiger partial charge in [0.15, 0.2) is 12.3 Å². The Hall–Kier alpha value is -1.36. The summed E-state index contributed by atoms with van der Waals surface area (Å²) in [4.78, 5) is 21.8. The summed E-state index contributed by atoms with van der Waals surface area (Å²) < 4.78 is 12.5. The number of hydrogen-bond donors (Lipinski definition) is 0. The van der Waals surface area contributed by atoms with Crippen LogP contribution in [0.4, 0.5) is 3.89 Å². The van der Waals surface area contributed by atoms with Gasteiger partial charge in [-0.05, 0) is 18.6 Å². The van der Waals surface area contributed by atoms with Gasteiger partial charge in [0.05, 0.1) is 0 Å². The summed E-state index contributed by atoms with van der Waals surface area (Å²) >= 11 is -0.403. The van der Waals surface area contributed by atoms with Gasteiger partial charge in [-0.2, -0.15) is 4.31 Å². The molecule has 5 heteroatoms. The quantitative estimate of drug-likeness (QED) is 0.570. The first-order valence-electron chi connectivity index (χ1n) is 3.84. The average Bonchev–Trinajstić information content (AvgIpc) is 2.20. The Morgan fingerprint density at radius 2 is 2.14 bits per heavy atom.